The molecule has 10 heteroatoms. The molecule has 0 aliphatic carbocycles. The molecule has 0 amide bonds. The number of esters is 2. The molecule has 3 N–H and O–H groups in total. The summed E-state index contributed by atoms with van der Waals surface area (Å²) in [5.74, 6) is -0.811. The van der Waals surface area contributed by atoms with Crippen molar-refractivity contribution in [1.29, 1.82) is 0 Å². The molecule has 9 nitrogen and oxygen atoms in total. The number of phosphoric acid groups is 1. The van der Waals surface area contributed by atoms with Gasteiger partial charge in [-0.25, -0.2) is 4.57 Å². The molecule has 502 valence electrons. The number of ether oxygens (including phenoxy) is 2. The van der Waals surface area contributed by atoms with Gasteiger partial charge in [0.15, 0.2) is 6.10 Å². The summed E-state index contributed by atoms with van der Waals surface area (Å²) in [5.41, 5.74) is 5.41. The molecule has 0 fully saturated rings. The number of phosphoric ester groups is 1. The highest BCUT2D eigenvalue weighted by Crippen LogP contribution is 2.43. The Morgan fingerprint density at radius 3 is 0.953 bits per heavy atom. The number of carbonyl (C=O) groups is 2. The summed E-state index contributed by atoms with van der Waals surface area (Å²) < 4.78 is 33.2. The zero-order valence-electron chi connectivity index (χ0n) is 56.6. The minimum atomic E-state index is -4.40. The zero-order valence-corrected chi connectivity index (χ0v) is 57.4. The van der Waals surface area contributed by atoms with Crippen molar-refractivity contribution in [2.24, 2.45) is 5.73 Å². The average molecular weight is 1230 g/mol. The van der Waals surface area contributed by atoms with Crippen LogP contribution in [0.3, 0.4) is 0 Å². The van der Waals surface area contributed by atoms with Crippen LogP contribution >= 0.6 is 7.82 Å². The van der Waals surface area contributed by atoms with Gasteiger partial charge in [0.1, 0.15) is 6.61 Å². The molecule has 0 radical (unpaired) electrons. The number of carbonyl (C=O) groups excluding carboxylic acids is 2. The maximum atomic E-state index is 12.8. The molecule has 0 spiro atoms. The van der Waals surface area contributed by atoms with Crippen LogP contribution in [0.2, 0.25) is 0 Å². The van der Waals surface area contributed by atoms with Crippen molar-refractivity contribution in [2.45, 2.75) is 373 Å². The van der Waals surface area contributed by atoms with Crippen LogP contribution in [0, 0.1) is 0 Å². The van der Waals surface area contributed by atoms with Gasteiger partial charge in [-0.15, -0.1) is 0 Å². The zero-order chi connectivity index (χ0) is 62.3. The summed E-state index contributed by atoms with van der Waals surface area (Å²) in [4.78, 5) is 35.4. The van der Waals surface area contributed by atoms with Gasteiger partial charge in [0.25, 0.3) is 0 Å². The molecule has 0 aliphatic rings. The Hall–Kier alpha value is -2.55. The second-order valence-electron chi connectivity index (χ2n) is 24.8. The van der Waals surface area contributed by atoms with E-state index in [2.05, 4.69) is 86.8 Å². The van der Waals surface area contributed by atoms with Crippen molar-refractivity contribution in [3.8, 4) is 0 Å². The SMILES string of the molecule is CC/C=C\C/C=C\C/C=C\C/C=C\C/C=C\C/C=C\CCCCCCCCCCCCCCCCC(=O)OC(COC(=O)CCCCCCCCCCCCCCCCCCCCCCCCCCCCCCCCCC)COP(=O)(O)OCCN. The quantitative estimate of drug-likeness (QED) is 0.0264. The molecular formula is C76H140NO8P. The number of unbranched alkanes of at least 4 members (excludes halogenated alkanes) is 45. The number of nitrogens with two attached hydrogens (primary N) is 1. The molecule has 0 saturated heterocycles. The van der Waals surface area contributed by atoms with E-state index in [9.17, 15) is 19.0 Å². The molecule has 0 rings (SSSR count). The maximum absolute atomic E-state index is 12.8. The van der Waals surface area contributed by atoms with Crippen molar-refractivity contribution in [1.82, 2.24) is 0 Å². The van der Waals surface area contributed by atoms with Gasteiger partial charge in [-0.3, -0.25) is 18.6 Å². The minimum absolute atomic E-state index is 0.0534. The minimum Gasteiger partial charge on any atom is -0.462 e. The third-order valence-corrected chi connectivity index (χ3v) is 17.3. The van der Waals surface area contributed by atoms with E-state index in [1.165, 1.54) is 257 Å². The van der Waals surface area contributed by atoms with Crippen LogP contribution in [-0.2, 0) is 32.7 Å². The van der Waals surface area contributed by atoms with Gasteiger partial charge in [-0.2, -0.15) is 0 Å². The van der Waals surface area contributed by atoms with Crippen molar-refractivity contribution >= 4 is 19.8 Å². The topological polar surface area (TPSA) is 134 Å². The Balaban J connectivity index is 3.83. The molecule has 0 heterocycles. The Kier molecular flexibility index (Phi) is 69.4. The lowest BCUT2D eigenvalue weighted by Gasteiger charge is -2.19. The van der Waals surface area contributed by atoms with Crippen LogP contribution < -0.4 is 5.73 Å². The third-order valence-electron chi connectivity index (χ3n) is 16.4. The van der Waals surface area contributed by atoms with Crippen molar-refractivity contribution in [3.63, 3.8) is 0 Å². The summed E-state index contributed by atoms with van der Waals surface area (Å²) >= 11 is 0. The van der Waals surface area contributed by atoms with E-state index in [0.717, 1.165) is 77.0 Å². The maximum Gasteiger partial charge on any atom is 0.472 e. The molecular weight excluding hydrogens is 1090 g/mol. The van der Waals surface area contributed by atoms with Gasteiger partial charge >= 0.3 is 19.8 Å². The highest BCUT2D eigenvalue weighted by molar-refractivity contribution is 7.47. The molecule has 0 aromatic rings. The van der Waals surface area contributed by atoms with Crippen molar-refractivity contribution in [3.05, 3.63) is 72.9 Å². The number of hydrogen-bond donors (Lipinski definition) is 2. The first kappa shape index (κ1) is 83.5. The highest BCUT2D eigenvalue weighted by atomic mass is 31.2. The van der Waals surface area contributed by atoms with Crippen molar-refractivity contribution in [2.75, 3.05) is 26.4 Å². The van der Waals surface area contributed by atoms with E-state index < -0.39 is 26.5 Å². The fourth-order valence-corrected chi connectivity index (χ4v) is 11.7. The monoisotopic (exact) mass is 1230 g/mol. The smallest absolute Gasteiger partial charge is 0.462 e. The first-order chi connectivity index (χ1) is 42.3. The van der Waals surface area contributed by atoms with Gasteiger partial charge in [0, 0.05) is 19.4 Å². The first-order valence-corrected chi connectivity index (χ1v) is 38.4. The predicted octanol–water partition coefficient (Wildman–Crippen LogP) is 24.4. The standard InChI is InChI=1S/C76H140NO8P/c1-3-5-7-9-11-13-15-17-19-21-23-25-27-29-31-33-35-37-39-41-43-45-47-49-51-53-55-57-59-61-63-65-67-69-76(79)85-74(73-84-86(80,81)83-71-70-77)72-82-75(78)68-66-64-62-60-58-56-54-52-50-48-46-44-42-40-38-36-34-32-30-28-26-24-22-20-18-16-14-12-10-8-6-4-2/h5,7,11,13,17,19,23,25,29,31,35,37,74H,3-4,6,8-10,12,14-16,18,20-22,24,26-28,30,32-34,36,38-73,77H2,1-2H3,(H,80,81)/b7-5-,13-11-,19-17-,25-23-,31-29-,37-35-. The Bertz CT molecular complexity index is 1640. The van der Waals surface area contributed by atoms with E-state index in [4.69, 9.17) is 24.3 Å². The lowest BCUT2D eigenvalue weighted by molar-refractivity contribution is -0.161. The molecule has 0 bridgehead atoms. The number of rotatable bonds is 70. The summed E-state index contributed by atoms with van der Waals surface area (Å²) in [6.45, 7) is 3.69. The fraction of sp³-hybridized carbons (Fsp3) is 0.816. The Morgan fingerprint density at radius 2 is 0.640 bits per heavy atom. The van der Waals surface area contributed by atoms with E-state index in [0.29, 0.717) is 6.42 Å². The summed E-state index contributed by atoms with van der Waals surface area (Å²) in [7, 11) is -4.40. The van der Waals surface area contributed by atoms with Crippen LogP contribution in [0.1, 0.15) is 367 Å². The summed E-state index contributed by atoms with van der Waals surface area (Å²) in [6, 6.07) is 0. The summed E-state index contributed by atoms with van der Waals surface area (Å²) in [5, 5.41) is 0. The van der Waals surface area contributed by atoms with Crippen molar-refractivity contribution < 1.29 is 37.6 Å². The Labute approximate surface area is 532 Å². The van der Waals surface area contributed by atoms with Gasteiger partial charge in [0.2, 0.25) is 0 Å². The molecule has 0 aromatic carbocycles. The largest absolute Gasteiger partial charge is 0.472 e. The Morgan fingerprint density at radius 1 is 0.360 bits per heavy atom. The molecule has 2 unspecified atom stereocenters. The van der Waals surface area contributed by atoms with E-state index in [1.54, 1.807) is 0 Å². The highest BCUT2D eigenvalue weighted by Gasteiger charge is 2.26. The van der Waals surface area contributed by atoms with Crippen LogP contribution in [0.5, 0.6) is 0 Å². The predicted molar refractivity (Wildman–Crippen MR) is 372 cm³/mol. The third kappa shape index (κ3) is 70.5. The second kappa shape index (κ2) is 71.5. The molecule has 0 aromatic heterocycles. The molecule has 0 aliphatic heterocycles. The fourth-order valence-electron chi connectivity index (χ4n) is 10.9. The van der Waals surface area contributed by atoms with Crippen LogP contribution in [0.4, 0.5) is 0 Å². The van der Waals surface area contributed by atoms with Gasteiger partial charge in [-0.05, 0) is 64.2 Å². The van der Waals surface area contributed by atoms with E-state index >= 15 is 0 Å². The van der Waals surface area contributed by atoms with Crippen LogP contribution in [-0.4, -0.2) is 49.3 Å². The molecule has 86 heavy (non-hydrogen) atoms. The molecule has 0 saturated carbocycles. The first-order valence-electron chi connectivity index (χ1n) is 36.9. The van der Waals surface area contributed by atoms with E-state index in [1.807, 2.05) is 0 Å². The average Bonchev–Trinajstić information content (AvgIpc) is 3.58. The van der Waals surface area contributed by atoms with Crippen LogP contribution in [0.15, 0.2) is 72.9 Å². The molecule has 2 atom stereocenters. The number of hydrogen-bond acceptors (Lipinski definition) is 8. The normalized spacial score (nSPS) is 13.3. The number of allylic oxidation sites excluding steroid dienone is 12. The van der Waals surface area contributed by atoms with Gasteiger partial charge in [0.05, 0.1) is 13.2 Å². The van der Waals surface area contributed by atoms with Gasteiger partial charge in [-0.1, -0.05) is 363 Å². The lowest BCUT2D eigenvalue weighted by atomic mass is 10.0. The van der Waals surface area contributed by atoms with Crippen LogP contribution in [0.25, 0.3) is 0 Å². The second-order valence-corrected chi connectivity index (χ2v) is 26.2. The van der Waals surface area contributed by atoms with E-state index in [-0.39, 0.29) is 38.6 Å². The summed E-state index contributed by atoms with van der Waals surface area (Å²) in [6.07, 6.45) is 94.4. The van der Waals surface area contributed by atoms with Gasteiger partial charge < -0.3 is 20.1 Å². The lowest BCUT2D eigenvalue weighted by Crippen LogP contribution is -2.29.